The lowest BCUT2D eigenvalue weighted by Crippen LogP contribution is -2.29. The van der Waals surface area contributed by atoms with Crippen molar-refractivity contribution in [1.82, 2.24) is 0 Å². The maximum absolute atomic E-state index is 11.5. The molecule has 0 saturated carbocycles. The highest BCUT2D eigenvalue weighted by molar-refractivity contribution is 5.92. The number of benzene rings is 1. The van der Waals surface area contributed by atoms with E-state index in [1.807, 2.05) is 0 Å². The largest absolute Gasteiger partial charge is 0.480 e. The molecule has 20 heavy (non-hydrogen) atoms. The number of anilines is 1. The van der Waals surface area contributed by atoms with Gasteiger partial charge in [-0.1, -0.05) is 0 Å². The summed E-state index contributed by atoms with van der Waals surface area (Å²) < 4.78 is 15.8. The zero-order valence-electron chi connectivity index (χ0n) is 11.1. The molecule has 7 nitrogen and oxygen atoms in total. The smallest absolute Gasteiger partial charge is 0.329 e. The Morgan fingerprint density at radius 2 is 1.95 bits per heavy atom. The van der Waals surface area contributed by atoms with Crippen molar-refractivity contribution >= 4 is 17.6 Å². The fraction of sp³-hybridized carbons (Fsp3) is 0.385. The summed E-state index contributed by atoms with van der Waals surface area (Å²) in [6.45, 7) is 2.73. The van der Waals surface area contributed by atoms with E-state index in [9.17, 15) is 9.59 Å². The maximum Gasteiger partial charge on any atom is 0.329 e. The number of hydrogen-bond acceptors (Lipinski definition) is 5. The number of carboxylic acids is 1. The molecule has 0 bridgehead atoms. The van der Waals surface area contributed by atoms with Crippen molar-refractivity contribution in [2.45, 2.75) is 19.6 Å². The van der Waals surface area contributed by atoms with Gasteiger partial charge in [-0.3, -0.25) is 4.79 Å². The number of carboxylic acid groups (broad SMARTS) is 1. The number of carbonyl (C=O) groups excluding carboxylic acids is 1. The topological polar surface area (TPSA) is 94.1 Å². The lowest BCUT2D eigenvalue weighted by atomic mass is 10.3. The predicted molar refractivity (Wildman–Crippen MR) is 68.9 cm³/mol. The molecule has 108 valence electrons. The summed E-state index contributed by atoms with van der Waals surface area (Å²) in [5, 5.41) is 11.0. The van der Waals surface area contributed by atoms with E-state index in [0.717, 1.165) is 0 Å². The van der Waals surface area contributed by atoms with Gasteiger partial charge in [0.2, 0.25) is 11.7 Å². The van der Waals surface area contributed by atoms with E-state index >= 15 is 0 Å². The third kappa shape index (κ3) is 3.61. The van der Waals surface area contributed by atoms with Crippen LogP contribution in [0.4, 0.5) is 5.69 Å². The second-order valence-electron chi connectivity index (χ2n) is 4.70. The molecule has 0 aromatic heterocycles. The first-order chi connectivity index (χ1) is 9.35. The van der Waals surface area contributed by atoms with Crippen molar-refractivity contribution < 1.29 is 28.9 Å². The van der Waals surface area contributed by atoms with Gasteiger partial charge in [-0.15, -0.1) is 0 Å². The van der Waals surface area contributed by atoms with E-state index in [4.69, 9.17) is 14.6 Å². The Morgan fingerprint density at radius 1 is 1.25 bits per heavy atom. The molecule has 0 aliphatic carbocycles. The van der Waals surface area contributed by atoms with E-state index in [0.29, 0.717) is 17.2 Å². The maximum atomic E-state index is 11.5. The third-order valence-corrected chi connectivity index (χ3v) is 2.40. The van der Waals surface area contributed by atoms with Gasteiger partial charge in [0.1, 0.15) is 13.2 Å². The summed E-state index contributed by atoms with van der Waals surface area (Å²) in [7, 11) is 0. The van der Waals surface area contributed by atoms with Crippen molar-refractivity contribution in [2.75, 3.05) is 18.5 Å². The van der Waals surface area contributed by atoms with Crippen LogP contribution in [0, 0.1) is 0 Å². The van der Waals surface area contributed by atoms with Gasteiger partial charge in [0.05, 0.1) is 0 Å². The first-order valence-corrected chi connectivity index (χ1v) is 5.97. The molecule has 1 amide bonds. The first-order valence-electron chi connectivity index (χ1n) is 5.97. The van der Waals surface area contributed by atoms with Gasteiger partial charge in [0.25, 0.3) is 0 Å². The highest BCUT2D eigenvalue weighted by Crippen LogP contribution is 2.40. The Balaban J connectivity index is 1.92. The second-order valence-corrected chi connectivity index (χ2v) is 4.70. The van der Waals surface area contributed by atoms with E-state index in [2.05, 4.69) is 10.1 Å². The zero-order valence-corrected chi connectivity index (χ0v) is 11.1. The minimum Gasteiger partial charge on any atom is -0.480 e. The standard InChI is InChI=1S/C13H15NO6/c1-13(2)19-9-4-3-8(5-10(9)20-13)14-11(15)6-18-7-12(16)17/h3-5H,6-7H2,1-2H3,(H,14,15)(H,16,17). The fourth-order valence-corrected chi connectivity index (χ4v) is 1.73. The van der Waals surface area contributed by atoms with Gasteiger partial charge >= 0.3 is 5.97 Å². The summed E-state index contributed by atoms with van der Waals surface area (Å²) in [6.07, 6.45) is 0. The van der Waals surface area contributed by atoms with Crippen LogP contribution in [-0.4, -0.2) is 36.0 Å². The minimum atomic E-state index is -1.12. The third-order valence-electron chi connectivity index (χ3n) is 2.40. The molecule has 0 unspecified atom stereocenters. The summed E-state index contributed by atoms with van der Waals surface area (Å²) in [4.78, 5) is 21.8. The number of fused-ring (bicyclic) bond motifs is 1. The van der Waals surface area contributed by atoms with Crippen molar-refractivity contribution in [3.63, 3.8) is 0 Å². The molecule has 0 fully saturated rings. The predicted octanol–water partition coefficient (Wildman–Crippen LogP) is 1.23. The highest BCUT2D eigenvalue weighted by atomic mass is 16.7. The van der Waals surface area contributed by atoms with Crippen LogP contribution in [0.1, 0.15) is 13.8 Å². The lowest BCUT2D eigenvalue weighted by Gasteiger charge is -2.16. The summed E-state index contributed by atoms with van der Waals surface area (Å²) >= 11 is 0. The Kier molecular flexibility index (Phi) is 3.80. The average Bonchev–Trinajstić information content (AvgIpc) is 2.61. The van der Waals surface area contributed by atoms with Gasteiger partial charge in [-0.2, -0.15) is 0 Å². The van der Waals surface area contributed by atoms with E-state index < -0.39 is 24.3 Å². The van der Waals surface area contributed by atoms with Crippen LogP contribution in [0.2, 0.25) is 0 Å². The number of amides is 1. The van der Waals surface area contributed by atoms with Crippen LogP contribution in [0.25, 0.3) is 0 Å². The molecule has 0 atom stereocenters. The summed E-state index contributed by atoms with van der Waals surface area (Å²) in [6, 6.07) is 5.00. The van der Waals surface area contributed by atoms with E-state index in [1.54, 1.807) is 32.0 Å². The molecule has 0 radical (unpaired) electrons. The van der Waals surface area contributed by atoms with Crippen molar-refractivity contribution in [2.24, 2.45) is 0 Å². The van der Waals surface area contributed by atoms with Crippen molar-refractivity contribution in [1.29, 1.82) is 0 Å². The number of carbonyl (C=O) groups is 2. The quantitative estimate of drug-likeness (QED) is 0.843. The second kappa shape index (κ2) is 5.38. The molecule has 0 spiro atoms. The van der Waals surface area contributed by atoms with Crippen LogP contribution >= 0.6 is 0 Å². The molecule has 1 aliphatic rings. The molecule has 7 heteroatoms. The monoisotopic (exact) mass is 281 g/mol. The van der Waals surface area contributed by atoms with Gasteiger partial charge in [0.15, 0.2) is 11.5 Å². The summed E-state index contributed by atoms with van der Waals surface area (Å²) in [5.74, 6) is -1.14. The SMILES string of the molecule is CC1(C)Oc2ccc(NC(=O)COCC(=O)O)cc2O1. The van der Waals surface area contributed by atoms with Gasteiger partial charge < -0.3 is 24.6 Å². The van der Waals surface area contributed by atoms with E-state index in [1.165, 1.54) is 0 Å². The Hall–Kier alpha value is -2.28. The van der Waals surface area contributed by atoms with Crippen LogP contribution < -0.4 is 14.8 Å². The molecule has 0 saturated heterocycles. The normalized spacial score (nSPS) is 14.9. The molecule has 2 N–H and O–H groups in total. The van der Waals surface area contributed by atoms with E-state index in [-0.39, 0.29) is 6.61 Å². The lowest BCUT2D eigenvalue weighted by molar-refractivity contribution is -0.143. The molecule has 1 aromatic carbocycles. The molecule has 1 aromatic rings. The molecule has 1 heterocycles. The van der Waals surface area contributed by atoms with Crippen molar-refractivity contribution in [3.8, 4) is 11.5 Å². The first kappa shape index (κ1) is 14.1. The van der Waals surface area contributed by atoms with Gasteiger partial charge in [-0.25, -0.2) is 4.79 Å². The number of hydrogen-bond donors (Lipinski definition) is 2. The van der Waals surface area contributed by atoms with Crippen LogP contribution in [0.15, 0.2) is 18.2 Å². The number of rotatable bonds is 5. The van der Waals surface area contributed by atoms with Crippen LogP contribution in [-0.2, 0) is 14.3 Å². The molecular formula is C13H15NO6. The van der Waals surface area contributed by atoms with Crippen molar-refractivity contribution in [3.05, 3.63) is 18.2 Å². The zero-order chi connectivity index (χ0) is 14.8. The van der Waals surface area contributed by atoms with Gasteiger partial charge in [-0.05, 0) is 12.1 Å². The molecule has 1 aliphatic heterocycles. The van der Waals surface area contributed by atoms with Gasteiger partial charge in [0, 0.05) is 25.6 Å². The fourth-order valence-electron chi connectivity index (χ4n) is 1.73. The van der Waals surface area contributed by atoms with Crippen LogP contribution in [0.3, 0.4) is 0 Å². The Bertz CT molecular complexity index is 540. The number of nitrogens with one attached hydrogen (secondary N) is 1. The van der Waals surface area contributed by atoms with Crippen LogP contribution in [0.5, 0.6) is 11.5 Å². The Morgan fingerprint density at radius 3 is 2.65 bits per heavy atom. The Labute approximate surface area is 115 Å². The number of ether oxygens (including phenoxy) is 3. The summed E-state index contributed by atoms with van der Waals surface area (Å²) in [5.41, 5.74) is 0.522. The number of aliphatic carboxylic acids is 1. The molecular weight excluding hydrogens is 266 g/mol. The minimum absolute atomic E-state index is 0.327. The molecule has 2 rings (SSSR count). The average molecular weight is 281 g/mol. The highest BCUT2D eigenvalue weighted by Gasteiger charge is 2.31.